The van der Waals surface area contributed by atoms with Crippen molar-refractivity contribution in [2.75, 3.05) is 39.4 Å². The van der Waals surface area contributed by atoms with E-state index in [-0.39, 0.29) is 96.1 Å². The van der Waals surface area contributed by atoms with E-state index in [1.165, 1.54) is 24.3 Å². The monoisotopic (exact) mass is 678 g/mol. The molecule has 0 aliphatic heterocycles. The number of hydrogen-bond acceptors (Lipinski definition) is 8. The Morgan fingerprint density at radius 2 is 0.800 bits per heavy atom. The van der Waals surface area contributed by atoms with Crippen molar-refractivity contribution in [3.63, 3.8) is 0 Å². The number of para-hydroxylation sites is 2. The molecular weight excluding hydrogens is 636 g/mol. The minimum Gasteiger partial charge on any atom is -0.483 e. The van der Waals surface area contributed by atoms with Gasteiger partial charge in [-0.05, 0) is 74.3 Å². The molecule has 5 rings (SSSR count). The van der Waals surface area contributed by atoms with Gasteiger partial charge in [-0.1, -0.05) is 36.4 Å². The SMILES string of the molecule is CCN(CC)C(=O)COc1c2cccc1CC1=CC(=O)C=C(Cc3cccc(c3OCC(=O)N(CC)CC)CC3=CC(=O)C=C(C2)C3=O)C1=O. The number of fused-ring (bicyclic) bond motifs is 8. The van der Waals surface area contributed by atoms with Gasteiger partial charge in [0.05, 0.1) is 0 Å². The van der Waals surface area contributed by atoms with E-state index in [9.17, 15) is 28.8 Å². The third kappa shape index (κ3) is 7.91. The molecule has 2 aromatic carbocycles. The maximum Gasteiger partial charge on any atom is 0.260 e. The quantitative estimate of drug-likeness (QED) is 0.344. The molecule has 260 valence electrons. The average Bonchev–Trinajstić information content (AvgIpc) is 3.09. The van der Waals surface area contributed by atoms with Crippen LogP contribution in [0.3, 0.4) is 0 Å². The zero-order chi connectivity index (χ0) is 35.9. The molecule has 0 atom stereocenters. The van der Waals surface area contributed by atoms with Crippen LogP contribution in [0.15, 0.2) is 83.0 Å². The van der Waals surface area contributed by atoms with Crippen LogP contribution in [0.25, 0.3) is 0 Å². The molecule has 3 aliphatic carbocycles. The number of nitrogens with zero attached hydrogens (tertiary/aromatic N) is 2. The van der Waals surface area contributed by atoms with Gasteiger partial charge in [-0.3, -0.25) is 28.8 Å². The molecule has 10 heteroatoms. The van der Waals surface area contributed by atoms with Crippen molar-refractivity contribution in [2.45, 2.75) is 53.4 Å². The van der Waals surface area contributed by atoms with Gasteiger partial charge in [0.2, 0.25) is 0 Å². The molecule has 0 heterocycles. The number of ketones is 4. The van der Waals surface area contributed by atoms with Crippen molar-refractivity contribution in [1.29, 1.82) is 0 Å². The molecule has 0 saturated carbocycles. The fourth-order valence-corrected chi connectivity index (χ4v) is 6.60. The number of ether oxygens (including phenoxy) is 2. The van der Waals surface area contributed by atoms with Crippen molar-refractivity contribution in [2.24, 2.45) is 0 Å². The van der Waals surface area contributed by atoms with Gasteiger partial charge in [-0.25, -0.2) is 0 Å². The fourth-order valence-electron chi connectivity index (χ4n) is 6.60. The highest BCUT2D eigenvalue weighted by Crippen LogP contribution is 2.35. The van der Waals surface area contributed by atoms with Crippen LogP contribution < -0.4 is 9.47 Å². The van der Waals surface area contributed by atoms with Crippen LogP contribution in [-0.2, 0) is 54.5 Å². The lowest BCUT2D eigenvalue weighted by molar-refractivity contribution is -0.133. The lowest BCUT2D eigenvalue weighted by atomic mass is 9.84. The highest BCUT2D eigenvalue weighted by atomic mass is 16.5. The molecule has 0 unspecified atom stereocenters. The molecule has 2 aromatic rings. The molecule has 0 saturated heterocycles. The van der Waals surface area contributed by atoms with Crippen LogP contribution in [0.2, 0.25) is 0 Å². The Bertz CT molecular complexity index is 1640. The first kappa shape index (κ1) is 35.9. The van der Waals surface area contributed by atoms with Crippen LogP contribution in [-0.4, -0.2) is 84.1 Å². The van der Waals surface area contributed by atoms with E-state index in [1.807, 2.05) is 27.7 Å². The summed E-state index contributed by atoms with van der Waals surface area (Å²) in [4.78, 5) is 83.3. The van der Waals surface area contributed by atoms with Crippen LogP contribution in [0, 0.1) is 0 Å². The van der Waals surface area contributed by atoms with Gasteiger partial charge >= 0.3 is 0 Å². The van der Waals surface area contributed by atoms with Crippen LogP contribution in [0.1, 0.15) is 49.9 Å². The predicted molar refractivity (Wildman–Crippen MR) is 187 cm³/mol. The minimum absolute atomic E-state index is 0.0311. The van der Waals surface area contributed by atoms with E-state index >= 15 is 0 Å². The van der Waals surface area contributed by atoms with Crippen molar-refractivity contribution in [3.05, 3.63) is 105 Å². The Kier molecular flexibility index (Phi) is 11.4. The van der Waals surface area contributed by atoms with Crippen LogP contribution >= 0.6 is 0 Å². The molecule has 0 radical (unpaired) electrons. The standard InChI is InChI=1S/C40H42N2O8/c1-5-41(6-2)35(45)23-49-39-25-11-9-12-26(39)16-30-20-34(44)22-32(38(30)48)18-28-14-10-13-27(40(28)50-24-36(46)42(7-3)8-4)17-31-21-33(43)19-29(15-25)37(31)47/h9-14,19-22H,5-8,15-18,23-24H2,1-4H3. The largest absolute Gasteiger partial charge is 0.483 e. The van der Waals surface area contributed by atoms with Gasteiger partial charge in [0, 0.05) is 74.2 Å². The molecule has 50 heavy (non-hydrogen) atoms. The highest BCUT2D eigenvalue weighted by Gasteiger charge is 2.29. The minimum atomic E-state index is -0.338. The molecule has 0 aromatic heterocycles. The van der Waals surface area contributed by atoms with Gasteiger partial charge in [0.1, 0.15) is 11.5 Å². The van der Waals surface area contributed by atoms with E-state index in [4.69, 9.17) is 9.47 Å². The third-order valence-corrected chi connectivity index (χ3v) is 9.22. The van der Waals surface area contributed by atoms with Crippen LogP contribution in [0.5, 0.6) is 11.5 Å². The van der Waals surface area contributed by atoms with Gasteiger partial charge in [0.15, 0.2) is 36.3 Å². The first-order valence-electron chi connectivity index (χ1n) is 17.1. The number of benzene rings is 2. The Balaban J connectivity index is 1.60. The van der Waals surface area contributed by atoms with Gasteiger partial charge in [-0.15, -0.1) is 0 Å². The summed E-state index contributed by atoms with van der Waals surface area (Å²) in [5, 5.41) is 0. The summed E-state index contributed by atoms with van der Waals surface area (Å²) in [7, 11) is 0. The predicted octanol–water partition coefficient (Wildman–Crippen LogP) is 4.07. The first-order valence-corrected chi connectivity index (χ1v) is 17.1. The number of rotatable bonds is 10. The normalized spacial score (nSPS) is 15.8. The number of allylic oxidation sites excluding steroid dienone is 8. The maximum atomic E-state index is 14.0. The lowest BCUT2D eigenvalue weighted by Gasteiger charge is -2.24. The molecule has 8 bridgehead atoms. The van der Waals surface area contributed by atoms with Gasteiger partial charge < -0.3 is 19.3 Å². The van der Waals surface area contributed by atoms with E-state index in [0.717, 1.165) is 0 Å². The number of likely N-dealkylation sites (N-methyl/N-ethyl adjacent to an activating group) is 2. The van der Waals surface area contributed by atoms with Crippen molar-refractivity contribution in [1.82, 2.24) is 9.80 Å². The molecule has 0 N–H and O–H groups in total. The number of carbonyl (C=O) groups excluding carboxylic acids is 6. The Labute approximate surface area is 292 Å². The van der Waals surface area contributed by atoms with Gasteiger partial charge in [0.25, 0.3) is 11.8 Å². The van der Waals surface area contributed by atoms with Crippen molar-refractivity contribution in [3.8, 4) is 11.5 Å². The van der Waals surface area contributed by atoms with Crippen molar-refractivity contribution < 1.29 is 38.2 Å². The Hall–Kier alpha value is -5.38. The third-order valence-electron chi connectivity index (χ3n) is 9.22. The maximum absolute atomic E-state index is 14.0. The summed E-state index contributed by atoms with van der Waals surface area (Å²) in [6.45, 7) is 8.98. The first-order chi connectivity index (χ1) is 24.1. The molecule has 0 spiro atoms. The number of carbonyl (C=O) groups is 6. The summed E-state index contributed by atoms with van der Waals surface area (Å²) in [6, 6.07) is 10.6. The summed E-state index contributed by atoms with van der Waals surface area (Å²) in [5.74, 6) is -1.10. The molecule has 10 nitrogen and oxygen atoms in total. The lowest BCUT2D eigenvalue weighted by Crippen LogP contribution is -2.34. The van der Waals surface area contributed by atoms with E-state index < -0.39 is 0 Å². The summed E-state index contributed by atoms with van der Waals surface area (Å²) >= 11 is 0. The Morgan fingerprint density at radius 1 is 0.520 bits per heavy atom. The molecule has 2 amide bonds. The number of Topliss-reactive ketones (excluding diaryl/α,β-unsaturated/α-hetero) is 2. The highest BCUT2D eigenvalue weighted by molar-refractivity contribution is 6.21. The topological polar surface area (TPSA) is 127 Å². The van der Waals surface area contributed by atoms with Gasteiger partial charge in [-0.2, -0.15) is 0 Å². The average molecular weight is 679 g/mol. The van der Waals surface area contributed by atoms with Crippen LogP contribution in [0.4, 0.5) is 0 Å². The fraction of sp³-hybridized carbons (Fsp3) is 0.350. The molecule has 0 fully saturated rings. The van der Waals surface area contributed by atoms with Crippen molar-refractivity contribution >= 4 is 34.9 Å². The summed E-state index contributed by atoms with van der Waals surface area (Å²) in [5.41, 5.74) is 3.23. The van der Waals surface area contributed by atoms with E-state index in [0.29, 0.717) is 59.9 Å². The van der Waals surface area contributed by atoms with E-state index in [1.54, 1.807) is 46.2 Å². The molecule has 3 aliphatic rings. The zero-order valence-corrected chi connectivity index (χ0v) is 29.0. The Morgan fingerprint density at radius 3 is 1.06 bits per heavy atom. The summed E-state index contributed by atoms with van der Waals surface area (Å²) in [6.07, 6.45) is 5.37. The number of amides is 2. The second-order valence-corrected chi connectivity index (χ2v) is 12.4. The van der Waals surface area contributed by atoms with E-state index in [2.05, 4.69) is 0 Å². The second kappa shape index (κ2) is 15.9. The second-order valence-electron chi connectivity index (χ2n) is 12.4. The zero-order valence-electron chi connectivity index (χ0n) is 29.0. The molecular formula is C40H42N2O8. The number of hydrogen-bond donors (Lipinski definition) is 0. The summed E-state index contributed by atoms with van der Waals surface area (Å²) < 4.78 is 12.3. The smallest absolute Gasteiger partial charge is 0.260 e.